The van der Waals surface area contributed by atoms with Crippen molar-refractivity contribution in [2.45, 2.75) is 0 Å². The Balaban J connectivity index is 1.94. The van der Waals surface area contributed by atoms with Crippen molar-refractivity contribution in [3.05, 3.63) is 47.7 Å². The number of nitrogens with two attached hydrogens (primary N) is 1. The molecule has 0 spiro atoms. The van der Waals surface area contributed by atoms with Gasteiger partial charge < -0.3 is 10.5 Å². The van der Waals surface area contributed by atoms with E-state index >= 15 is 0 Å². The lowest BCUT2D eigenvalue weighted by molar-refractivity contribution is 0.465. The maximum Gasteiger partial charge on any atom is 0.221 e. The number of pyridine rings is 1. The number of hydrogen-bond donors (Lipinski definition) is 1. The Kier molecular flexibility index (Phi) is 2.89. The molecule has 0 aliphatic carbocycles. The van der Waals surface area contributed by atoms with Crippen LogP contribution in [0.25, 0.3) is 11.2 Å². The summed E-state index contributed by atoms with van der Waals surface area (Å²) in [5.74, 6) is 0.990. The maximum absolute atomic E-state index is 5.93. The van der Waals surface area contributed by atoms with Gasteiger partial charge in [-0.1, -0.05) is 11.6 Å². The van der Waals surface area contributed by atoms with E-state index in [2.05, 4.69) is 15.0 Å². The molecule has 19 heavy (non-hydrogen) atoms. The molecule has 0 amide bonds. The summed E-state index contributed by atoms with van der Waals surface area (Å²) in [5.41, 5.74) is 7.38. The normalized spacial score (nSPS) is 10.6. The Labute approximate surface area is 114 Å². The Morgan fingerprint density at radius 3 is 2.74 bits per heavy atom. The van der Waals surface area contributed by atoms with E-state index in [1.165, 1.54) is 0 Å². The third kappa shape index (κ3) is 2.41. The van der Waals surface area contributed by atoms with Gasteiger partial charge in [-0.2, -0.15) is 4.98 Å². The molecule has 2 aromatic heterocycles. The van der Waals surface area contributed by atoms with Gasteiger partial charge in [0.1, 0.15) is 11.3 Å². The highest BCUT2D eigenvalue weighted by molar-refractivity contribution is 6.33. The Bertz CT molecular complexity index is 748. The number of ether oxygens (including phenoxy) is 1. The monoisotopic (exact) mass is 272 g/mol. The van der Waals surface area contributed by atoms with Gasteiger partial charge in [0.15, 0.2) is 5.65 Å². The Morgan fingerprint density at radius 1 is 1.05 bits per heavy atom. The van der Waals surface area contributed by atoms with Crippen LogP contribution in [-0.2, 0) is 0 Å². The minimum Gasteiger partial charge on any atom is -0.439 e. The number of aromatic nitrogens is 3. The van der Waals surface area contributed by atoms with Crippen LogP contribution in [0.3, 0.4) is 0 Å². The van der Waals surface area contributed by atoms with E-state index in [0.29, 0.717) is 33.5 Å². The van der Waals surface area contributed by atoms with E-state index in [-0.39, 0.29) is 0 Å². The van der Waals surface area contributed by atoms with Crippen molar-refractivity contribution in [1.82, 2.24) is 15.0 Å². The molecule has 0 aliphatic rings. The van der Waals surface area contributed by atoms with Crippen molar-refractivity contribution < 1.29 is 4.74 Å². The molecule has 3 aromatic rings. The summed E-state index contributed by atoms with van der Waals surface area (Å²) in [7, 11) is 0. The zero-order valence-corrected chi connectivity index (χ0v) is 10.5. The second kappa shape index (κ2) is 4.70. The molecule has 5 nitrogen and oxygen atoms in total. The van der Waals surface area contributed by atoms with Crippen LogP contribution in [0, 0.1) is 0 Å². The summed E-state index contributed by atoms with van der Waals surface area (Å²) >= 11 is 5.93. The van der Waals surface area contributed by atoms with Crippen LogP contribution in [0.2, 0.25) is 5.02 Å². The number of nitrogen functional groups attached to an aromatic ring is 1. The Hall–Kier alpha value is -2.40. The molecule has 3 rings (SSSR count). The van der Waals surface area contributed by atoms with Gasteiger partial charge in [0.05, 0.1) is 10.7 Å². The number of rotatable bonds is 2. The minimum absolute atomic E-state index is 0.425. The quantitative estimate of drug-likeness (QED) is 0.726. The van der Waals surface area contributed by atoms with E-state index < -0.39 is 0 Å². The number of anilines is 1. The van der Waals surface area contributed by atoms with Crippen molar-refractivity contribution in [3.8, 4) is 11.6 Å². The largest absolute Gasteiger partial charge is 0.439 e. The predicted octanol–water partition coefficient (Wildman–Crippen LogP) is 3.05. The summed E-state index contributed by atoms with van der Waals surface area (Å²) in [4.78, 5) is 12.5. The van der Waals surface area contributed by atoms with Gasteiger partial charge in [-0.3, -0.25) is 4.98 Å². The molecule has 2 heterocycles. The van der Waals surface area contributed by atoms with Crippen LogP contribution >= 0.6 is 11.6 Å². The zero-order valence-electron chi connectivity index (χ0n) is 9.75. The molecule has 0 saturated heterocycles. The molecule has 94 valence electrons. The summed E-state index contributed by atoms with van der Waals surface area (Å²) in [6.07, 6.45) is 3.20. The third-order valence-electron chi connectivity index (χ3n) is 2.50. The first kappa shape index (κ1) is 11.7. The predicted molar refractivity (Wildman–Crippen MR) is 73.3 cm³/mol. The van der Waals surface area contributed by atoms with E-state index in [0.717, 1.165) is 0 Å². The van der Waals surface area contributed by atoms with Gasteiger partial charge in [0, 0.05) is 24.5 Å². The summed E-state index contributed by atoms with van der Waals surface area (Å²) < 4.78 is 5.60. The van der Waals surface area contributed by atoms with Crippen LogP contribution in [0.1, 0.15) is 0 Å². The lowest BCUT2D eigenvalue weighted by Crippen LogP contribution is -1.92. The number of nitrogens with zero attached hydrogens (tertiary/aromatic N) is 3. The fraction of sp³-hybridized carbons (Fsp3) is 0. The third-order valence-corrected chi connectivity index (χ3v) is 2.83. The first-order chi connectivity index (χ1) is 9.22. The molecule has 0 atom stereocenters. The van der Waals surface area contributed by atoms with Crippen molar-refractivity contribution in [2.24, 2.45) is 0 Å². The van der Waals surface area contributed by atoms with Gasteiger partial charge in [-0.15, -0.1) is 0 Å². The van der Waals surface area contributed by atoms with Crippen molar-refractivity contribution in [3.63, 3.8) is 0 Å². The SMILES string of the molecule is Nc1ccc(Oc2ccc3nccnc3n2)cc1Cl. The van der Waals surface area contributed by atoms with Gasteiger partial charge in [-0.05, 0) is 18.2 Å². The van der Waals surface area contributed by atoms with Crippen molar-refractivity contribution in [2.75, 3.05) is 5.73 Å². The van der Waals surface area contributed by atoms with Crippen LogP contribution in [0.15, 0.2) is 42.7 Å². The van der Waals surface area contributed by atoms with Gasteiger partial charge in [0.25, 0.3) is 0 Å². The maximum atomic E-state index is 5.93. The number of halogens is 1. The lowest BCUT2D eigenvalue weighted by Gasteiger charge is -2.06. The molecule has 6 heteroatoms. The average Bonchev–Trinajstić information content (AvgIpc) is 2.43. The average molecular weight is 273 g/mol. The standard InChI is InChI=1S/C13H9ClN4O/c14-9-7-8(1-2-10(9)15)19-12-4-3-11-13(18-12)17-6-5-16-11/h1-7H,15H2. The molecule has 0 fully saturated rings. The highest BCUT2D eigenvalue weighted by Crippen LogP contribution is 2.27. The van der Waals surface area contributed by atoms with Gasteiger partial charge >= 0.3 is 0 Å². The molecule has 1 aromatic carbocycles. The first-order valence-electron chi connectivity index (χ1n) is 5.53. The molecule has 0 saturated carbocycles. The lowest BCUT2D eigenvalue weighted by atomic mass is 10.3. The number of hydrogen-bond acceptors (Lipinski definition) is 5. The number of fused-ring (bicyclic) bond motifs is 1. The fourth-order valence-electron chi connectivity index (χ4n) is 1.59. The fourth-order valence-corrected chi connectivity index (χ4v) is 1.76. The number of benzene rings is 1. The molecular weight excluding hydrogens is 264 g/mol. The summed E-state index contributed by atoms with van der Waals surface area (Å²) in [6, 6.07) is 8.56. The van der Waals surface area contributed by atoms with Crippen molar-refractivity contribution in [1.29, 1.82) is 0 Å². The van der Waals surface area contributed by atoms with E-state index in [1.54, 1.807) is 42.7 Å². The molecule has 0 bridgehead atoms. The van der Waals surface area contributed by atoms with Gasteiger partial charge in [0.2, 0.25) is 5.88 Å². The van der Waals surface area contributed by atoms with Crippen molar-refractivity contribution >= 4 is 28.5 Å². The van der Waals surface area contributed by atoms with E-state index in [1.807, 2.05) is 0 Å². The topological polar surface area (TPSA) is 73.9 Å². The summed E-state index contributed by atoms with van der Waals surface area (Å²) in [6.45, 7) is 0. The van der Waals surface area contributed by atoms with E-state index in [4.69, 9.17) is 22.1 Å². The van der Waals surface area contributed by atoms with Gasteiger partial charge in [-0.25, -0.2) is 4.98 Å². The second-order valence-corrected chi connectivity index (χ2v) is 4.24. The highest BCUT2D eigenvalue weighted by Gasteiger charge is 2.04. The molecule has 2 N–H and O–H groups in total. The summed E-state index contributed by atoms with van der Waals surface area (Å²) in [5, 5.41) is 0.443. The van der Waals surface area contributed by atoms with Crippen LogP contribution in [-0.4, -0.2) is 15.0 Å². The molecule has 0 radical (unpaired) electrons. The molecule has 0 unspecified atom stereocenters. The van der Waals surface area contributed by atoms with Crippen LogP contribution in [0.5, 0.6) is 11.6 Å². The minimum atomic E-state index is 0.425. The molecule has 0 aliphatic heterocycles. The smallest absolute Gasteiger partial charge is 0.221 e. The molecular formula is C13H9ClN4O. The Morgan fingerprint density at radius 2 is 1.89 bits per heavy atom. The second-order valence-electron chi connectivity index (χ2n) is 3.83. The van der Waals surface area contributed by atoms with Crippen LogP contribution in [0.4, 0.5) is 5.69 Å². The van der Waals surface area contributed by atoms with E-state index in [9.17, 15) is 0 Å². The van der Waals surface area contributed by atoms with Crippen LogP contribution < -0.4 is 10.5 Å². The highest BCUT2D eigenvalue weighted by atomic mass is 35.5. The zero-order chi connectivity index (χ0) is 13.2. The first-order valence-corrected chi connectivity index (χ1v) is 5.91.